The molecule has 192 valence electrons. The van der Waals surface area contributed by atoms with Crippen LogP contribution >= 0.6 is 0 Å². The van der Waals surface area contributed by atoms with Gasteiger partial charge in [-0.05, 0) is 56.2 Å². The topological polar surface area (TPSA) is 130 Å². The third-order valence-corrected chi connectivity index (χ3v) is 6.28. The van der Waals surface area contributed by atoms with Crippen LogP contribution in [-0.2, 0) is 22.7 Å². The molecule has 37 heavy (non-hydrogen) atoms. The van der Waals surface area contributed by atoms with Crippen LogP contribution in [0.1, 0.15) is 43.6 Å². The molecule has 10 heteroatoms. The van der Waals surface area contributed by atoms with Gasteiger partial charge in [-0.3, -0.25) is 14.6 Å². The quantitative estimate of drug-likeness (QED) is 0.397. The summed E-state index contributed by atoms with van der Waals surface area (Å²) >= 11 is 0. The second-order valence-electron chi connectivity index (χ2n) is 8.94. The lowest BCUT2D eigenvalue weighted by molar-refractivity contribution is -0.166. The molecule has 10 nitrogen and oxygen atoms in total. The van der Waals surface area contributed by atoms with E-state index in [1.165, 1.54) is 4.90 Å². The van der Waals surface area contributed by atoms with Gasteiger partial charge in [-0.1, -0.05) is 18.1 Å². The van der Waals surface area contributed by atoms with Crippen LogP contribution in [0.15, 0.2) is 55.0 Å². The Morgan fingerprint density at radius 1 is 1.24 bits per heavy atom. The number of ether oxygens (including phenoxy) is 1. The van der Waals surface area contributed by atoms with Crippen molar-refractivity contribution in [3.8, 4) is 23.3 Å². The summed E-state index contributed by atoms with van der Waals surface area (Å²) in [5.41, 5.74) is 0.601. The van der Waals surface area contributed by atoms with Crippen LogP contribution < -0.4 is 10.1 Å². The van der Waals surface area contributed by atoms with Gasteiger partial charge in [-0.15, -0.1) is 5.92 Å². The summed E-state index contributed by atoms with van der Waals surface area (Å²) in [6.45, 7) is 5.19. The third kappa shape index (κ3) is 5.48. The van der Waals surface area contributed by atoms with Crippen molar-refractivity contribution < 1.29 is 24.5 Å². The summed E-state index contributed by atoms with van der Waals surface area (Å²) in [5.74, 6) is 4.50. The Hall–Kier alpha value is -4.20. The minimum atomic E-state index is -2.36. The van der Waals surface area contributed by atoms with Gasteiger partial charge in [-0.25, -0.2) is 4.68 Å². The SMILES string of the molecule is CC#CCOc1cc([C@@H](C)NC(=O)[C@](C)(O)[C@@H](O)C(=O)N2Cc3cccnc3C2)ccc1-n1cccn1. The summed E-state index contributed by atoms with van der Waals surface area (Å²) in [6, 6.07) is 10.2. The van der Waals surface area contributed by atoms with E-state index in [9.17, 15) is 19.8 Å². The van der Waals surface area contributed by atoms with E-state index in [4.69, 9.17) is 4.74 Å². The first kappa shape index (κ1) is 25.9. The van der Waals surface area contributed by atoms with Crippen molar-refractivity contribution in [1.82, 2.24) is 25.0 Å². The first-order valence-electron chi connectivity index (χ1n) is 11.8. The Morgan fingerprint density at radius 3 is 2.76 bits per heavy atom. The minimum absolute atomic E-state index is 0.174. The minimum Gasteiger partial charge on any atom is -0.479 e. The summed E-state index contributed by atoms with van der Waals surface area (Å²) in [5, 5.41) is 28.5. The van der Waals surface area contributed by atoms with Crippen molar-refractivity contribution in [2.24, 2.45) is 0 Å². The van der Waals surface area contributed by atoms with Crippen molar-refractivity contribution >= 4 is 11.8 Å². The van der Waals surface area contributed by atoms with Crippen molar-refractivity contribution in [3.63, 3.8) is 0 Å². The molecule has 1 aliphatic rings. The number of nitrogens with one attached hydrogen (secondary N) is 1. The van der Waals surface area contributed by atoms with Crippen LogP contribution in [-0.4, -0.2) is 60.0 Å². The Balaban J connectivity index is 1.46. The van der Waals surface area contributed by atoms with Gasteiger partial charge in [0.15, 0.2) is 11.7 Å². The Labute approximate surface area is 214 Å². The summed E-state index contributed by atoms with van der Waals surface area (Å²) in [7, 11) is 0. The van der Waals surface area contributed by atoms with Gasteiger partial charge in [0.1, 0.15) is 18.0 Å². The number of benzene rings is 1. The zero-order valence-corrected chi connectivity index (χ0v) is 20.9. The second kappa shape index (κ2) is 10.8. The first-order chi connectivity index (χ1) is 17.7. The molecule has 0 radical (unpaired) electrons. The summed E-state index contributed by atoms with van der Waals surface area (Å²) in [6.07, 6.45) is 3.10. The van der Waals surface area contributed by atoms with E-state index in [-0.39, 0.29) is 19.7 Å². The molecule has 3 atom stereocenters. The molecule has 3 aromatic rings. The molecular formula is C27H29N5O5. The van der Waals surface area contributed by atoms with Gasteiger partial charge in [0.25, 0.3) is 11.8 Å². The highest BCUT2D eigenvalue weighted by molar-refractivity contribution is 5.94. The van der Waals surface area contributed by atoms with Crippen molar-refractivity contribution in [1.29, 1.82) is 0 Å². The van der Waals surface area contributed by atoms with E-state index in [2.05, 4.69) is 27.2 Å². The number of amides is 2. The fraction of sp³-hybridized carbons (Fsp3) is 0.333. The molecule has 2 aromatic heterocycles. The maximum atomic E-state index is 13.0. The number of aromatic nitrogens is 3. The lowest BCUT2D eigenvalue weighted by atomic mass is 9.95. The first-order valence-corrected chi connectivity index (χ1v) is 11.8. The number of nitrogens with zero attached hydrogens (tertiary/aromatic N) is 4. The zero-order valence-electron chi connectivity index (χ0n) is 20.9. The van der Waals surface area contributed by atoms with Crippen molar-refractivity contribution in [2.75, 3.05) is 6.61 Å². The lowest BCUT2D eigenvalue weighted by Crippen LogP contribution is -2.58. The van der Waals surface area contributed by atoms with Gasteiger partial charge < -0.3 is 25.2 Å². The maximum absolute atomic E-state index is 13.0. The molecule has 0 saturated carbocycles. The molecule has 3 heterocycles. The summed E-state index contributed by atoms with van der Waals surface area (Å²) in [4.78, 5) is 31.5. The Kier molecular flexibility index (Phi) is 7.57. The highest BCUT2D eigenvalue weighted by Crippen LogP contribution is 2.28. The highest BCUT2D eigenvalue weighted by atomic mass is 16.5. The maximum Gasteiger partial charge on any atom is 0.255 e. The van der Waals surface area contributed by atoms with Crippen LogP contribution in [0.25, 0.3) is 5.69 Å². The number of aliphatic hydroxyl groups excluding tert-OH is 1. The Bertz CT molecular complexity index is 1320. The molecule has 3 N–H and O–H groups in total. The number of fused-ring (bicyclic) bond motifs is 1. The molecule has 0 bridgehead atoms. The van der Waals surface area contributed by atoms with E-state index in [0.717, 1.165) is 18.2 Å². The second-order valence-corrected chi connectivity index (χ2v) is 8.94. The molecule has 0 fully saturated rings. The number of carbonyl (C=O) groups is 2. The third-order valence-electron chi connectivity index (χ3n) is 6.28. The molecule has 0 spiro atoms. The predicted octanol–water partition coefficient (Wildman–Crippen LogP) is 1.50. The standard InChI is InChI=1S/C27H29N5O5/c1-4-5-14-37-23-15-19(9-10-22(23)32-13-7-12-29-32)18(2)30-26(35)27(3,36)24(33)25(34)31-16-20-8-6-11-28-21(20)17-31/h6-13,15,18,24,33,36H,14,16-17H2,1-3H3,(H,30,35)/t18-,24+,27-/m1/s1. The van der Waals surface area contributed by atoms with Gasteiger partial charge >= 0.3 is 0 Å². The van der Waals surface area contributed by atoms with E-state index in [1.54, 1.807) is 67.5 Å². The van der Waals surface area contributed by atoms with Crippen LogP contribution in [0.4, 0.5) is 0 Å². The molecular weight excluding hydrogens is 474 g/mol. The molecule has 1 aromatic carbocycles. The molecule has 1 aliphatic heterocycles. The molecule has 0 saturated heterocycles. The van der Waals surface area contributed by atoms with E-state index < -0.39 is 29.6 Å². The molecule has 0 unspecified atom stereocenters. The van der Waals surface area contributed by atoms with Gasteiger partial charge in [0, 0.05) is 25.1 Å². The van der Waals surface area contributed by atoms with Gasteiger partial charge in [0.05, 0.1) is 18.3 Å². The van der Waals surface area contributed by atoms with Crippen LogP contribution in [0.2, 0.25) is 0 Å². The fourth-order valence-electron chi connectivity index (χ4n) is 4.02. The Morgan fingerprint density at radius 2 is 2.05 bits per heavy atom. The molecule has 4 rings (SSSR count). The van der Waals surface area contributed by atoms with Gasteiger partial charge in [0.2, 0.25) is 0 Å². The normalized spacial score (nSPS) is 15.5. The highest BCUT2D eigenvalue weighted by Gasteiger charge is 2.45. The fourth-order valence-corrected chi connectivity index (χ4v) is 4.02. The van der Waals surface area contributed by atoms with Crippen molar-refractivity contribution in [2.45, 2.75) is 51.6 Å². The smallest absolute Gasteiger partial charge is 0.255 e. The van der Waals surface area contributed by atoms with E-state index >= 15 is 0 Å². The number of aliphatic hydroxyl groups is 2. The van der Waals surface area contributed by atoms with Gasteiger partial charge in [-0.2, -0.15) is 5.10 Å². The average molecular weight is 504 g/mol. The van der Waals surface area contributed by atoms with Crippen LogP contribution in [0.3, 0.4) is 0 Å². The number of carbonyl (C=O) groups excluding carboxylic acids is 2. The number of hydrogen-bond donors (Lipinski definition) is 3. The number of rotatable bonds is 8. The lowest BCUT2D eigenvalue weighted by Gasteiger charge is -2.31. The van der Waals surface area contributed by atoms with E-state index in [0.29, 0.717) is 17.0 Å². The van der Waals surface area contributed by atoms with Crippen LogP contribution in [0, 0.1) is 11.8 Å². The van der Waals surface area contributed by atoms with Crippen molar-refractivity contribution in [3.05, 3.63) is 71.8 Å². The van der Waals surface area contributed by atoms with E-state index in [1.807, 2.05) is 6.07 Å². The average Bonchev–Trinajstić information content (AvgIpc) is 3.58. The monoisotopic (exact) mass is 503 g/mol. The van der Waals surface area contributed by atoms with Crippen LogP contribution in [0.5, 0.6) is 5.75 Å². The zero-order chi connectivity index (χ0) is 26.6. The number of pyridine rings is 1. The molecule has 0 aliphatic carbocycles. The molecule has 2 amide bonds. The number of hydrogen-bond acceptors (Lipinski definition) is 7. The predicted molar refractivity (Wildman–Crippen MR) is 134 cm³/mol. The summed E-state index contributed by atoms with van der Waals surface area (Å²) < 4.78 is 7.48. The largest absolute Gasteiger partial charge is 0.479 e.